The normalized spacial score (nSPS) is 8.40. The topological polar surface area (TPSA) is 49.7 Å². The van der Waals surface area contributed by atoms with Crippen LogP contribution in [0.5, 0.6) is 0 Å². The second kappa shape index (κ2) is 29.2. The fraction of sp³-hybridized carbons (Fsp3) is 1.00. The minimum Gasteiger partial charge on any atom is -0.397 e. The van der Waals surface area contributed by atoms with Crippen molar-refractivity contribution in [1.82, 2.24) is 0 Å². The second-order valence-electron chi connectivity index (χ2n) is 2.95. The van der Waals surface area contributed by atoms with E-state index >= 15 is 0 Å². The van der Waals surface area contributed by atoms with E-state index in [1.54, 1.807) is 13.8 Å². The molecule has 0 fully saturated rings. The van der Waals surface area contributed by atoms with E-state index < -0.39 is 0 Å². The zero-order valence-corrected chi connectivity index (χ0v) is 11.0. The van der Waals surface area contributed by atoms with Gasteiger partial charge in [0.1, 0.15) is 0 Å². The third-order valence-corrected chi connectivity index (χ3v) is 1.28. The number of rotatable bonds is 6. The van der Waals surface area contributed by atoms with E-state index in [9.17, 15) is 0 Å². The molecular weight excluding hydrogens is 192 g/mol. The van der Waals surface area contributed by atoms with E-state index in [1.807, 2.05) is 0 Å². The number of hydrogen-bond donors (Lipinski definition) is 2. The maximum absolute atomic E-state index is 7.57. The van der Waals surface area contributed by atoms with Gasteiger partial charge in [-0.05, 0) is 26.7 Å². The second-order valence-corrected chi connectivity index (χ2v) is 2.95. The molecular formula is C12H30O3. The molecule has 0 amide bonds. The molecule has 0 rings (SSSR count). The molecule has 0 unspecified atom stereocenters. The largest absolute Gasteiger partial charge is 0.397 e. The summed E-state index contributed by atoms with van der Waals surface area (Å²) >= 11 is 0. The molecule has 3 nitrogen and oxygen atoms in total. The highest BCUT2D eigenvalue weighted by atomic mass is 16.5. The number of aliphatic hydroxyl groups is 2. The molecule has 0 spiro atoms. The van der Waals surface area contributed by atoms with Gasteiger partial charge in [0.25, 0.3) is 0 Å². The summed E-state index contributed by atoms with van der Waals surface area (Å²) in [5.74, 6) is 0. The molecule has 3 heteroatoms. The molecule has 0 aromatic heterocycles. The predicted molar refractivity (Wildman–Crippen MR) is 66.2 cm³/mol. The number of hydrogen-bond acceptors (Lipinski definition) is 3. The van der Waals surface area contributed by atoms with Crippen LogP contribution in [0.15, 0.2) is 0 Å². The number of aliphatic hydroxyl groups excluding tert-OH is 2. The molecule has 0 aliphatic rings. The van der Waals surface area contributed by atoms with Crippen LogP contribution in [0.4, 0.5) is 0 Å². The van der Waals surface area contributed by atoms with Gasteiger partial charge in [-0.1, -0.05) is 26.7 Å². The van der Waals surface area contributed by atoms with E-state index in [2.05, 4.69) is 13.8 Å². The fourth-order valence-corrected chi connectivity index (χ4v) is 0.595. The van der Waals surface area contributed by atoms with Crippen molar-refractivity contribution < 1.29 is 14.9 Å². The molecule has 0 aromatic rings. The van der Waals surface area contributed by atoms with Crippen LogP contribution in [-0.2, 0) is 4.74 Å². The molecule has 15 heavy (non-hydrogen) atoms. The first kappa shape index (κ1) is 20.3. The van der Waals surface area contributed by atoms with Gasteiger partial charge >= 0.3 is 0 Å². The first-order valence-corrected chi connectivity index (χ1v) is 6.04. The zero-order valence-electron chi connectivity index (χ0n) is 11.0. The molecule has 0 heterocycles. The van der Waals surface area contributed by atoms with Crippen LogP contribution in [0.3, 0.4) is 0 Å². The molecule has 0 aliphatic carbocycles. The lowest BCUT2D eigenvalue weighted by atomic mass is 10.3. The average Bonchev–Trinajstić information content (AvgIpc) is 2.20. The van der Waals surface area contributed by atoms with E-state index in [4.69, 9.17) is 14.9 Å². The summed E-state index contributed by atoms with van der Waals surface area (Å²) in [6.07, 6.45) is 4.91. The number of unbranched alkanes of at least 4 members (excludes halogenated alkanes) is 2. The molecule has 0 aliphatic heterocycles. The first-order chi connectivity index (χ1) is 7.24. The highest BCUT2D eigenvalue weighted by Gasteiger charge is 1.84. The molecule has 0 saturated heterocycles. The van der Waals surface area contributed by atoms with E-state index in [0.29, 0.717) is 0 Å². The maximum atomic E-state index is 7.57. The van der Waals surface area contributed by atoms with E-state index in [0.717, 1.165) is 13.2 Å². The Morgan fingerprint density at radius 1 is 0.733 bits per heavy atom. The standard InChI is InChI=1S/C8H18O.2C2H6O/c1-3-5-7-9-8-6-4-2;2*1-2-3/h3-8H2,1-2H3;2*3H,2H2,1H3. The smallest absolute Gasteiger partial charge is 0.0465 e. The minimum atomic E-state index is 0.250. The quantitative estimate of drug-likeness (QED) is 0.679. The summed E-state index contributed by atoms with van der Waals surface area (Å²) in [6.45, 7) is 10.1. The molecule has 0 radical (unpaired) electrons. The predicted octanol–water partition coefficient (Wildman–Crippen LogP) is 2.60. The van der Waals surface area contributed by atoms with Crippen LogP contribution in [-0.4, -0.2) is 36.6 Å². The number of ether oxygens (including phenoxy) is 1. The first-order valence-electron chi connectivity index (χ1n) is 6.04. The Kier molecular flexibility index (Phi) is 39.5. The lowest BCUT2D eigenvalue weighted by molar-refractivity contribution is 0.128. The van der Waals surface area contributed by atoms with Crippen LogP contribution < -0.4 is 0 Å². The van der Waals surface area contributed by atoms with Crippen molar-refractivity contribution in [3.8, 4) is 0 Å². The lowest BCUT2D eigenvalue weighted by Gasteiger charge is -1.99. The van der Waals surface area contributed by atoms with Crippen LogP contribution in [0, 0.1) is 0 Å². The summed E-state index contributed by atoms with van der Waals surface area (Å²) in [5, 5.41) is 15.1. The van der Waals surface area contributed by atoms with Crippen molar-refractivity contribution in [3.05, 3.63) is 0 Å². The highest BCUT2D eigenvalue weighted by Crippen LogP contribution is 1.91. The van der Waals surface area contributed by atoms with Crippen molar-refractivity contribution in [2.75, 3.05) is 26.4 Å². The molecule has 0 atom stereocenters. The van der Waals surface area contributed by atoms with E-state index in [1.165, 1.54) is 25.7 Å². The van der Waals surface area contributed by atoms with Crippen molar-refractivity contribution in [1.29, 1.82) is 0 Å². The molecule has 0 saturated carbocycles. The Bertz CT molecular complexity index is 59.9. The summed E-state index contributed by atoms with van der Waals surface area (Å²) in [7, 11) is 0. The van der Waals surface area contributed by atoms with Crippen LogP contribution in [0.2, 0.25) is 0 Å². The summed E-state index contributed by atoms with van der Waals surface area (Å²) < 4.78 is 5.31. The summed E-state index contributed by atoms with van der Waals surface area (Å²) in [6, 6.07) is 0. The molecule has 96 valence electrons. The van der Waals surface area contributed by atoms with Crippen LogP contribution in [0.25, 0.3) is 0 Å². The lowest BCUT2D eigenvalue weighted by Crippen LogP contribution is -1.95. The van der Waals surface area contributed by atoms with E-state index in [-0.39, 0.29) is 13.2 Å². The van der Waals surface area contributed by atoms with Gasteiger partial charge < -0.3 is 14.9 Å². The van der Waals surface area contributed by atoms with Gasteiger partial charge in [-0.25, -0.2) is 0 Å². The fourth-order valence-electron chi connectivity index (χ4n) is 0.595. The van der Waals surface area contributed by atoms with Crippen molar-refractivity contribution in [2.24, 2.45) is 0 Å². The van der Waals surface area contributed by atoms with Crippen LogP contribution in [0.1, 0.15) is 53.4 Å². The van der Waals surface area contributed by atoms with Gasteiger partial charge in [-0.3, -0.25) is 0 Å². The Morgan fingerprint density at radius 3 is 1.20 bits per heavy atom. The Morgan fingerprint density at radius 2 is 1.00 bits per heavy atom. The van der Waals surface area contributed by atoms with Crippen molar-refractivity contribution in [2.45, 2.75) is 53.4 Å². The zero-order chi connectivity index (χ0) is 12.4. The average molecular weight is 222 g/mol. The minimum absolute atomic E-state index is 0.250. The van der Waals surface area contributed by atoms with Gasteiger partial charge in [0, 0.05) is 26.4 Å². The molecule has 0 aromatic carbocycles. The summed E-state index contributed by atoms with van der Waals surface area (Å²) in [4.78, 5) is 0. The van der Waals surface area contributed by atoms with Gasteiger partial charge in [-0.2, -0.15) is 0 Å². The highest BCUT2D eigenvalue weighted by molar-refractivity contribution is 4.33. The Labute approximate surface area is 95.5 Å². The maximum Gasteiger partial charge on any atom is 0.0465 e. The van der Waals surface area contributed by atoms with Gasteiger partial charge in [0.2, 0.25) is 0 Å². The molecule has 2 N–H and O–H groups in total. The van der Waals surface area contributed by atoms with Crippen LogP contribution >= 0.6 is 0 Å². The SMILES string of the molecule is CCCCOCCCC.CCO.CCO. The van der Waals surface area contributed by atoms with Crippen molar-refractivity contribution >= 4 is 0 Å². The Hall–Kier alpha value is -0.120. The van der Waals surface area contributed by atoms with Gasteiger partial charge in [0.05, 0.1) is 0 Å². The summed E-state index contributed by atoms with van der Waals surface area (Å²) in [5.41, 5.74) is 0. The Balaban J connectivity index is -0.000000200. The van der Waals surface area contributed by atoms with Gasteiger partial charge in [0.15, 0.2) is 0 Å². The molecule has 0 bridgehead atoms. The third kappa shape index (κ3) is 56.7. The third-order valence-electron chi connectivity index (χ3n) is 1.28. The monoisotopic (exact) mass is 222 g/mol. The van der Waals surface area contributed by atoms with Crippen molar-refractivity contribution in [3.63, 3.8) is 0 Å². The van der Waals surface area contributed by atoms with Gasteiger partial charge in [-0.15, -0.1) is 0 Å².